The minimum atomic E-state index is 0.140. The van der Waals surface area contributed by atoms with E-state index >= 15 is 0 Å². The van der Waals surface area contributed by atoms with Crippen molar-refractivity contribution in [2.45, 2.75) is 6.61 Å². The summed E-state index contributed by atoms with van der Waals surface area (Å²) in [7, 11) is 1.62. The van der Waals surface area contributed by atoms with Crippen molar-refractivity contribution in [3.8, 4) is 0 Å². The van der Waals surface area contributed by atoms with Crippen LogP contribution in [0, 0.1) is 0 Å². The third kappa shape index (κ3) is 4.85. The van der Waals surface area contributed by atoms with E-state index in [1.807, 2.05) is 60.7 Å². The summed E-state index contributed by atoms with van der Waals surface area (Å²) in [6, 6.07) is 19.3. The molecule has 2 aromatic rings. The lowest BCUT2D eigenvalue weighted by Gasteiger charge is -2.01. The average Bonchev–Trinajstić information content (AvgIpc) is 2.49. The second-order valence-electron chi connectivity index (χ2n) is 3.64. The van der Waals surface area contributed by atoms with E-state index in [9.17, 15) is 0 Å². The van der Waals surface area contributed by atoms with Crippen molar-refractivity contribution in [3.63, 3.8) is 0 Å². The van der Waals surface area contributed by atoms with Gasteiger partial charge in [-0.25, -0.2) is 0 Å². The predicted octanol–water partition coefficient (Wildman–Crippen LogP) is 3.48. The standard InChI is InChI=1S/C9H10O.C7H8O/c1-8(10-2)9-6-4-3-5-7-9;8-6-7-4-2-1-3-5-7/h3-7H,1H2,2H3;1-5,8H,6H2. The second kappa shape index (κ2) is 8.09. The molecule has 94 valence electrons. The number of benzene rings is 2. The first-order valence-corrected chi connectivity index (χ1v) is 5.71. The normalized spacial score (nSPS) is 9.00. The van der Waals surface area contributed by atoms with E-state index in [-0.39, 0.29) is 6.61 Å². The number of ether oxygens (including phenoxy) is 1. The Hall–Kier alpha value is -2.06. The molecule has 0 saturated carbocycles. The Balaban J connectivity index is 0.000000184. The molecule has 0 fully saturated rings. The van der Waals surface area contributed by atoms with Gasteiger partial charge in [0, 0.05) is 5.56 Å². The first-order valence-electron chi connectivity index (χ1n) is 5.71. The molecule has 0 amide bonds. The largest absolute Gasteiger partial charge is 0.497 e. The van der Waals surface area contributed by atoms with E-state index in [1.165, 1.54) is 0 Å². The molecule has 0 atom stereocenters. The zero-order chi connectivity index (χ0) is 13.2. The maximum Gasteiger partial charge on any atom is 0.118 e. The van der Waals surface area contributed by atoms with E-state index in [2.05, 4.69) is 6.58 Å². The number of methoxy groups -OCH3 is 1. The number of hydrogen-bond donors (Lipinski definition) is 1. The lowest BCUT2D eigenvalue weighted by molar-refractivity contribution is 0.282. The quantitative estimate of drug-likeness (QED) is 0.835. The molecule has 0 saturated heterocycles. The van der Waals surface area contributed by atoms with Crippen LogP contribution in [0.2, 0.25) is 0 Å². The van der Waals surface area contributed by atoms with Gasteiger partial charge < -0.3 is 9.84 Å². The van der Waals surface area contributed by atoms with Crippen molar-refractivity contribution in [1.82, 2.24) is 0 Å². The first kappa shape index (κ1) is 14.0. The van der Waals surface area contributed by atoms with Gasteiger partial charge in [-0.1, -0.05) is 67.2 Å². The Morgan fingerprint density at radius 1 is 1.00 bits per heavy atom. The highest BCUT2D eigenvalue weighted by Gasteiger charge is 1.92. The molecule has 0 aromatic heterocycles. The van der Waals surface area contributed by atoms with E-state index in [0.717, 1.165) is 11.1 Å². The van der Waals surface area contributed by atoms with Gasteiger partial charge in [-0.05, 0) is 5.56 Å². The minimum Gasteiger partial charge on any atom is -0.497 e. The summed E-state index contributed by atoms with van der Waals surface area (Å²) in [6.45, 7) is 3.86. The van der Waals surface area contributed by atoms with Gasteiger partial charge in [-0.3, -0.25) is 0 Å². The van der Waals surface area contributed by atoms with Crippen molar-refractivity contribution < 1.29 is 9.84 Å². The van der Waals surface area contributed by atoms with Crippen LogP contribution in [0.5, 0.6) is 0 Å². The summed E-state index contributed by atoms with van der Waals surface area (Å²) in [6.07, 6.45) is 0. The maximum absolute atomic E-state index is 8.54. The molecule has 2 rings (SSSR count). The molecule has 18 heavy (non-hydrogen) atoms. The lowest BCUT2D eigenvalue weighted by atomic mass is 10.2. The maximum atomic E-state index is 8.54. The van der Waals surface area contributed by atoms with Crippen LogP contribution < -0.4 is 0 Å². The fraction of sp³-hybridized carbons (Fsp3) is 0.125. The van der Waals surface area contributed by atoms with Gasteiger partial charge in [0.2, 0.25) is 0 Å². The Labute approximate surface area is 108 Å². The van der Waals surface area contributed by atoms with Gasteiger partial charge in [0.1, 0.15) is 5.76 Å². The van der Waals surface area contributed by atoms with Crippen LogP contribution in [-0.4, -0.2) is 12.2 Å². The zero-order valence-corrected chi connectivity index (χ0v) is 10.5. The van der Waals surface area contributed by atoms with Gasteiger partial charge in [0.05, 0.1) is 13.7 Å². The SMILES string of the molecule is C=C(OC)c1ccccc1.OCc1ccccc1. The highest BCUT2D eigenvalue weighted by atomic mass is 16.5. The molecule has 0 aliphatic carbocycles. The fourth-order valence-corrected chi connectivity index (χ4v) is 1.33. The van der Waals surface area contributed by atoms with Crippen molar-refractivity contribution in [1.29, 1.82) is 0 Å². The highest BCUT2D eigenvalue weighted by Crippen LogP contribution is 2.10. The Bertz CT molecular complexity index is 449. The molecule has 0 radical (unpaired) electrons. The third-order valence-corrected chi connectivity index (χ3v) is 2.37. The molecule has 2 nitrogen and oxygen atoms in total. The molecule has 1 N–H and O–H groups in total. The second-order valence-corrected chi connectivity index (χ2v) is 3.64. The average molecular weight is 242 g/mol. The first-order chi connectivity index (χ1) is 8.77. The number of aliphatic hydroxyl groups excluding tert-OH is 1. The van der Waals surface area contributed by atoms with E-state index in [4.69, 9.17) is 9.84 Å². The van der Waals surface area contributed by atoms with Crippen LogP contribution >= 0.6 is 0 Å². The molecule has 0 aliphatic heterocycles. The number of aliphatic hydroxyl groups is 1. The van der Waals surface area contributed by atoms with Gasteiger partial charge >= 0.3 is 0 Å². The molecule has 0 spiro atoms. The van der Waals surface area contributed by atoms with Crippen LogP contribution in [0.4, 0.5) is 0 Å². The molecular formula is C16H18O2. The summed E-state index contributed by atoms with van der Waals surface area (Å²) in [5, 5.41) is 8.54. The van der Waals surface area contributed by atoms with E-state index in [1.54, 1.807) is 7.11 Å². The van der Waals surface area contributed by atoms with Crippen LogP contribution in [0.1, 0.15) is 11.1 Å². The third-order valence-electron chi connectivity index (χ3n) is 2.37. The molecule has 2 heteroatoms. The Kier molecular flexibility index (Phi) is 6.30. The summed E-state index contributed by atoms with van der Waals surface area (Å²) in [4.78, 5) is 0. The zero-order valence-electron chi connectivity index (χ0n) is 10.5. The van der Waals surface area contributed by atoms with Crippen LogP contribution in [-0.2, 0) is 11.3 Å². The topological polar surface area (TPSA) is 29.5 Å². The summed E-state index contributed by atoms with van der Waals surface area (Å²) >= 11 is 0. The summed E-state index contributed by atoms with van der Waals surface area (Å²) in [5.41, 5.74) is 2.00. The Morgan fingerprint density at radius 3 is 1.89 bits per heavy atom. The summed E-state index contributed by atoms with van der Waals surface area (Å²) in [5.74, 6) is 0.709. The molecule has 0 bridgehead atoms. The van der Waals surface area contributed by atoms with Crippen LogP contribution in [0.25, 0.3) is 5.76 Å². The predicted molar refractivity (Wildman–Crippen MR) is 74.8 cm³/mol. The smallest absolute Gasteiger partial charge is 0.118 e. The molecular weight excluding hydrogens is 224 g/mol. The van der Waals surface area contributed by atoms with E-state index in [0.29, 0.717) is 5.76 Å². The summed E-state index contributed by atoms with van der Waals surface area (Å²) < 4.78 is 4.94. The number of rotatable bonds is 3. The Morgan fingerprint density at radius 2 is 1.50 bits per heavy atom. The monoisotopic (exact) mass is 242 g/mol. The van der Waals surface area contributed by atoms with Crippen LogP contribution in [0.15, 0.2) is 67.2 Å². The molecule has 0 aliphatic rings. The molecule has 0 unspecified atom stereocenters. The van der Waals surface area contributed by atoms with Crippen LogP contribution in [0.3, 0.4) is 0 Å². The van der Waals surface area contributed by atoms with Crippen molar-refractivity contribution in [2.75, 3.05) is 7.11 Å². The van der Waals surface area contributed by atoms with Gasteiger partial charge in [0.15, 0.2) is 0 Å². The van der Waals surface area contributed by atoms with Gasteiger partial charge in [-0.2, -0.15) is 0 Å². The van der Waals surface area contributed by atoms with E-state index < -0.39 is 0 Å². The van der Waals surface area contributed by atoms with Crippen molar-refractivity contribution >= 4 is 5.76 Å². The highest BCUT2D eigenvalue weighted by molar-refractivity contribution is 5.56. The molecule has 2 aromatic carbocycles. The number of hydrogen-bond acceptors (Lipinski definition) is 2. The van der Waals surface area contributed by atoms with Crippen molar-refractivity contribution in [3.05, 3.63) is 78.4 Å². The lowest BCUT2D eigenvalue weighted by Crippen LogP contribution is -1.82. The van der Waals surface area contributed by atoms with Crippen molar-refractivity contribution in [2.24, 2.45) is 0 Å². The van der Waals surface area contributed by atoms with Gasteiger partial charge in [-0.15, -0.1) is 0 Å². The fourth-order valence-electron chi connectivity index (χ4n) is 1.33. The minimum absolute atomic E-state index is 0.140. The van der Waals surface area contributed by atoms with Gasteiger partial charge in [0.25, 0.3) is 0 Å². The molecule has 0 heterocycles.